The normalized spacial score (nSPS) is 11.2. The van der Waals surface area contributed by atoms with Crippen molar-refractivity contribution in [2.24, 2.45) is 0 Å². The zero-order valence-corrected chi connectivity index (χ0v) is 15.1. The molecule has 1 N–H and O–H groups in total. The molecule has 0 aliphatic rings. The van der Waals surface area contributed by atoms with E-state index in [4.69, 9.17) is 0 Å². The number of nitrogens with zero attached hydrogens (tertiary/aromatic N) is 2. The van der Waals surface area contributed by atoms with E-state index in [0.29, 0.717) is 11.4 Å². The van der Waals surface area contributed by atoms with Crippen molar-refractivity contribution < 1.29 is 4.79 Å². The Labute approximate surface area is 152 Å². The first-order valence-corrected chi connectivity index (χ1v) is 8.42. The first kappa shape index (κ1) is 17.6. The van der Waals surface area contributed by atoms with Gasteiger partial charge in [-0.3, -0.25) is 9.59 Å². The van der Waals surface area contributed by atoms with Crippen LogP contribution in [0.5, 0.6) is 0 Å². The first-order valence-electron chi connectivity index (χ1n) is 8.42. The van der Waals surface area contributed by atoms with Crippen LogP contribution in [0.1, 0.15) is 36.8 Å². The number of amides is 1. The lowest BCUT2D eigenvalue weighted by Crippen LogP contribution is -2.24. The van der Waals surface area contributed by atoms with Gasteiger partial charge in [-0.05, 0) is 41.3 Å². The lowest BCUT2D eigenvalue weighted by Gasteiger charge is -2.19. The van der Waals surface area contributed by atoms with E-state index in [1.54, 1.807) is 12.1 Å². The van der Waals surface area contributed by atoms with Crippen LogP contribution in [0.2, 0.25) is 0 Å². The summed E-state index contributed by atoms with van der Waals surface area (Å²) in [5, 5.41) is 7.01. The molecule has 5 nitrogen and oxygen atoms in total. The molecule has 0 aliphatic heterocycles. The highest BCUT2D eigenvalue weighted by Gasteiger charge is 2.14. The van der Waals surface area contributed by atoms with E-state index in [2.05, 4.69) is 31.2 Å². The van der Waals surface area contributed by atoms with E-state index >= 15 is 0 Å². The van der Waals surface area contributed by atoms with E-state index in [9.17, 15) is 9.59 Å². The van der Waals surface area contributed by atoms with Crippen molar-refractivity contribution >= 4 is 11.6 Å². The average Bonchev–Trinajstić information content (AvgIpc) is 2.62. The van der Waals surface area contributed by atoms with Crippen molar-refractivity contribution in [3.05, 3.63) is 88.3 Å². The lowest BCUT2D eigenvalue weighted by atomic mass is 9.87. The van der Waals surface area contributed by atoms with Crippen LogP contribution >= 0.6 is 0 Å². The Balaban J connectivity index is 1.84. The maximum atomic E-state index is 12.5. The van der Waals surface area contributed by atoms with Crippen LogP contribution in [0.15, 0.2) is 71.5 Å². The van der Waals surface area contributed by atoms with Crippen molar-refractivity contribution in [2.75, 3.05) is 5.32 Å². The van der Waals surface area contributed by atoms with Gasteiger partial charge in [0.1, 0.15) is 5.69 Å². The molecule has 0 fully saturated rings. The molecule has 1 heterocycles. The molecule has 0 saturated heterocycles. The quantitative estimate of drug-likeness (QED) is 0.784. The number of carbonyl (C=O) groups excluding carboxylic acids is 1. The van der Waals surface area contributed by atoms with E-state index in [-0.39, 0.29) is 22.6 Å². The van der Waals surface area contributed by atoms with Crippen LogP contribution in [0.4, 0.5) is 5.69 Å². The molecule has 0 spiro atoms. The van der Waals surface area contributed by atoms with Crippen molar-refractivity contribution in [2.45, 2.75) is 26.2 Å². The molecule has 26 heavy (non-hydrogen) atoms. The van der Waals surface area contributed by atoms with Crippen LogP contribution in [0.3, 0.4) is 0 Å². The standard InChI is InChI=1S/C21H21N3O2/c1-21(2,3)15-9-11-16(12-10-15)22-20(26)18-13-14-19(25)24(23-18)17-7-5-4-6-8-17/h4-14H,1-3H3,(H,22,26). The number of benzene rings is 2. The second-order valence-corrected chi connectivity index (χ2v) is 7.09. The number of nitrogens with one attached hydrogen (secondary N) is 1. The minimum Gasteiger partial charge on any atom is -0.321 e. The third kappa shape index (κ3) is 3.88. The van der Waals surface area contributed by atoms with E-state index < -0.39 is 0 Å². The average molecular weight is 347 g/mol. The van der Waals surface area contributed by atoms with Crippen LogP contribution in [-0.2, 0) is 5.41 Å². The maximum absolute atomic E-state index is 12.5. The van der Waals surface area contributed by atoms with Crippen molar-refractivity contribution in [3.8, 4) is 5.69 Å². The van der Waals surface area contributed by atoms with Gasteiger partial charge in [0.05, 0.1) is 5.69 Å². The third-order valence-corrected chi connectivity index (χ3v) is 4.04. The summed E-state index contributed by atoms with van der Waals surface area (Å²) in [5.74, 6) is -0.363. The molecule has 132 valence electrons. The number of aromatic nitrogens is 2. The number of hydrogen-bond donors (Lipinski definition) is 1. The second-order valence-electron chi connectivity index (χ2n) is 7.09. The largest absolute Gasteiger partial charge is 0.321 e. The molecule has 5 heteroatoms. The zero-order chi connectivity index (χ0) is 18.7. The summed E-state index contributed by atoms with van der Waals surface area (Å²) in [6.07, 6.45) is 0. The summed E-state index contributed by atoms with van der Waals surface area (Å²) in [4.78, 5) is 24.6. The van der Waals surface area contributed by atoms with Gasteiger partial charge in [-0.1, -0.05) is 51.1 Å². The Hall–Kier alpha value is -3.21. The number of para-hydroxylation sites is 1. The molecule has 0 unspecified atom stereocenters. The summed E-state index contributed by atoms with van der Waals surface area (Å²) < 4.78 is 1.22. The molecule has 0 aliphatic carbocycles. The van der Waals surface area contributed by atoms with Crippen LogP contribution in [-0.4, -0.2) is 15.7 Å². The zero-order valence-electron chi connectivity index (χ0n) is 15.1. The first-order chi connectivity index (χ1) is 12.3. The Morgan fingerprint density at radius 3 is 2.19 bits per heavy atom. The summed E-state index contributed by atoms with van der Waals surface area (Å²) in [5.41, 5.74) is 2.42. The van der Waals surface area contributed by atoms with Gasteiger partial charge in [-0.2, -0.15) is 9.78 Å². The number of hydrogen-bond acceptors (Lipinski definition) is 3. The van der Waals surface area contributed by atoms with Crippen LogP contribution in [0, 0.1) is 0 Å². The Morgan fingerprint density at radius 2 is 1.58 bits per heavy atom. The Kier molecular flexibility index (Phi) is 4.71. The Bertz CT molecular complexity index is 969. The highest BCUT2D eigenvalue weighted by atomic mass is 16.2. The SMILES string of the molecule is CC(C)(C)c1ccc(NC(=O)c2ccc(=O)n(-c3ccccc3)n2)cc1. The van der Waals surface area contributed by atoms with Crippen molar-refractivity contribution in [1.82, 2.24) is 9.78 Å². The molecular formula is C21H21N3O2. The lowest BCUT2D eigenvalue weighted by molar-refractivity contribution is 0.102. The van der Waals surface area contributed by atoms with Gasteiger partial charge < -0.3 is 5.32 Å². The van der Waals surface area contributed by atoms with Gasteiger partial charge in [0.15, 0.2) is 0 Å². The molecule has 0 bridgehead atoms. The fourth-order valence-electron chi connectivity index (χ4n) is 2.54. The second kappa shape index (κ2) is 6.96. The minimum atomic E-state index is -0.363. The highest BCUT2D eigenvalue weighted by Crippen LogP contribution is 2.23. The summed E-state index contributed by atoms with van der Waals surface area (Å²) in [6, 6.07) is 19.5. The molecule has 3 rings (SSSR count). The predicted molar refractivity (Wildman–Crippen MR) is 103 cm³/mol. The smallest absolute Gasteiger partial charge is 0.276 e. The predicted octanol–water partition coefficient (Wildman–Crippen LogP) is 3.78. The van der Waals surface area contributed by atoms with Gasteiger partial charge in [-0.25, -0.2) is 0 Å². The number of carbonyl (C=O) groups is 1. The molecule has 2 aromatic carbocycles. The summed E-state index contributed by atoms with van der Waals surface area (Å²) in [7, 11) is 0. The van der Waals surface area contributed by atoms with Crippen LogP contribution < -0.4 is 10.9 Å². The van der Waals surface area contributed by atoms with Gasteiger partial charge in [-0.15, -0.1) is 0 Å². The molecular weight excluding hydrogens is 326 g/mol. The monoisotopic (exact) mass is 347 g/mol. The molecule has 0 saturated carbocycles. The van der Waals surface area contributed by atoms with Gasteiger partial charge >= 0.3 is 0 Å². The fourth-order valence-corrected chi connectivity index (χ4v) is 2.54. The molecule has 0 atom stereocenters. The maximum Gasteiger partial charge on any atom is 0.276 e. The van der Waals surface area contributed by atoms with Gasteiger partial charge in [0, 0.05) is 11.8 Å². The van der Waals surface area contributed by atoms with E-state index in [1.807, 2.05) is 42.5 Å². The molecule has 3 aromatic rings. The van der Waals surface area contributed by atoms with Crippen molar-refractivity contribution in [1.29, 1.82) is 0 Å². The summed E-state index contributed by atoms with van der Waals surface area (Å²) in [6.45, 7) is 6.41. The molecule has 1 aromatic heterocycles. The van der Waals surface area contributed by atoms with Gasteiger partial charge in [0.25, 0.3) is 11.5 Å². The summed E-state index contributed by atoms with van der Waals surface area (Å²) >= 11 is 0. The molecule has 0 radical (unpaired) electrons. The van der Waals surface area contributed by atoms with E-state index in [0.717, 1.165) is 0 Å². The topological polar surface area (TPSA) is 64.0 Å². The highest BCUT2D eigenvalue weighted by molar-refractivity contribution is 6.02. The van der Waals surface area contributed by atoms with Crippen molar-refractivity contribution in [3.63, 3.8) is 0 Å². The minimum absolute atomic E-state index is 0.0509. The van der Waals surface area contributed by atoms with Crippen LogP contribution in [0.25, 0.3) is 5.69 Å². The fraction of sp³-hybridized carbons (Fsp3) is 0.190. The van der Waals surface area contributed by atoms with Gasteiger partial charge in [0.2, 0.25) is 0 Å². The Morgan fingerprint density at radius 1 is 0.923 bits per heavy atom. The third-order valence-electron chi connectivity index (χ3n) is 4.04. The number of anilines is 1. The van der Waals surface area contributed by atoms with E-state index in [1.165, 1.54) is 22.4 Å². The number of rotatable bonds is 3. The molecule has 1 amide bonds.